The number of ether oxygens (including phenoxy) is 1. The number of benzene rings is 1. The number of nitrogens with one attached hydrogen (secondary N) is 3. The van der Waals surface area contributed by atoms with E-state index in [2.05, 4.69) is 25.6 Å². The van der Waals surface area contributed by atoms with Crippen LogP contribution in [0.4, 0.5) is 4.39 Å². The molecule has 0 radical (unpaired) electrons. The van der Waals surface area contributed by atoms with Crippen molar-refractivity contribution in [3.8, 4) is 17.0 Å². The highest BCUT2D eigenvalue weighted by Crippen LogP contribution is 2.36. The molecule has 164 valence electrons. The number of rotatable bonds is 6. The van der Waals surface area contributed by atoms with E-state index < -0.39 is 0 Å². The van der Waals surface area contributed by atoms with Crippen LogP contribution in [0.1, 0.15) is 36.0 Å². The minimum Gasteiger partial charge on any atom is -0.493 e. The van der Waals surface area contributed by atoms with Crippen LogP contribution >= 0.6 is 12.4 Å². The predicted octanol–water partition coefficient (Wildman–Crippen LogP) is 3.46. The number of hydrogen-bond acceptors (Lipinski definition) is 5. The molecular weight excluding hydrogens is 421 g/mol. The van der Waals surface area contributed by atoms with Crippen LogP contribution in [0.5, 0.6) is 5.75 Å². The minimum atomic E-state index is -0.369. The lowest BCUT2D eigenvalue weighted by atomic mass is 10.1. The van der Waals surface area contributed by atoms with Crippen molar-refractivity contribution < 1.29 is 13.9 Å². The second-order valence-corrected chi connectivity index (χ2v) is 8.04. The van der Waals surface area contributed by atoms with E-state index in [9.17, 15) is 9.18 Å². The molecule has 0 atom stereocenters. The van der Waals surface area contributed by atoms with Gasteiger partial charge in [0.25, 0.3) is 5.91 Å². The molecule has 2 fully saturated rings. The minimum absolute atomic E-state index is 0. The molecule has 31 heavy (non-hydrogen) atoms. The van der Waals surface area contributed by atoms with E-state index in [1.165, 1.54) is 31.3 Å². The van der Waals surface area contributed by atoms with Gasteiger partial charge in [-0.15, -0.1) is 12.4 Å². The van der Waals surface area contributed by atoms with Crippen LogP contribution in [-0.4, -0.2) is 46.6 Å². The summed E-state index contributed by atoms with van der Waals surface area (Å²) in [6.45, 7) is 2.41. The van der Waals surface area contributed by atoms with Crippen molar-refractivity contribution in [2.24, 2.45) is 5.92 Å². The lowest BCUT2D eigenvalue weighted by Gasteiger charge is -2.23. The van der Waals surface area contributed by atoms with Crippen molar-refractivity contribution in [2.75, 3.05) is 19.7 Å². The molecule has 1 aliphatic heterocycles. The van der Waals surface area contributed by atoms with Crippen molar-refractivity contribution >= 4 is 29.3 Å². The molecule has 1 saturated heterocycles. The van der Waals surface area contributed by atoms with Gasteiger partial charge in [0.15, 0.2) is 0 Å². The molecule has 0 unspecified atom stereocenters. The molecule has 2 aromatic heterocycles. The number of halogens is 2. The molecule has 3 heterocycles. The highest BCUT2D eigenvalue weighted by atomic mass is 35.5. The summed E-state index contributed by atoms with van der Waals surface area (Å²) in [5, 5.41) is 6.38. The summed E-state index contributed by atoms with van der Waals surface area (Å²) in [5.41, 5.74) is 2.64. The van der Waals surface area contributed by atoms with E-state index in [-0.39, 0.29) is 30.2 Å². The van der Waals surface area contributed by atoms with Crippen LogP contribution in [0.15, 0.2) is 30.7 Å². The highest BCUT2D eigenvalue weighted by molar-refractivity contribution is 6.07. The molecule has 1 saturated carbocycles. The van der Waals surface area contributed by atoms with E-state index >= 15 is 0 Å². The van der Waals surface area contributed by atoms with Gasteiger partial charge in [-0.25, -0.2) is 14.4 Å². The van der Waals surface area contributed by atoms with Crippen molar-refractivity contribution in [1.82, 2.24) is 25.6 Å². The SMILES string of the molecule is Cl.O=C(NC1CCNCC1)c1c[nH]c2c(-c3cc(F)ccc3OCC3CC3)ncnc12. The summed E-state index contributed by atoms with van der Waals surface area (Å²) in [4.78, 5) is 24.7. The molecule has 0 bridgehead atoms. The Labute approximate surface area is 185 Å². The zero-order chi connectivity index (χ0) is 20.5. The molecule has 1 aromatic carbocycles. The normalized spacial score (nSPS) is 16.7. The third-order valence-corrected chi connectivity index (χ3v) is 5.75. The number of H-pyrrole nitrogens is 1. The molecule has 3 aromatic rings. The third-order valence-electron chi connectivity index (χ3n) is 5.75. The van der Waals surface area contributed by atoms with Gasteiger partial charge in [0, 0.05) is 17.8 Å². The summed E-state index contributed by atoms with van der Waals surface area (Å²) in [6.07, 6.45) is 7.19. The van der Waals surface area contributed by atoms with Gasteiger partial charge in [-0.05, 0) is 62.9 Å². The molecular formula is C22H25ClFN5O2. The number of piperidine rings is 1. The van der Waals surface area contributed by atoms with Gasteiger partial charge in [-0.1, -0.05) is 0 Å². The van der Waals surface area contributed by atoms with Gasteiger partial charge in [0.2, 0.25) is 0 Å². The fourth-order valence-corrected chi connectivity index (χ4v) is 3.85. The van der Waals surface area contributed by atoms with Crippen LogP contribution in [-0.2, 0) is 0 Å². The lowest BCUT2D eigenvalue weighted by Crippen LogP contribution is -2.42. The van der Waals surface area contributed by atoms with Crippen LogP contribution in [0.25, 0.3) is 22.3 Å². The average Bonchev–Trinajstić information content (AvgIpc) is 3.49. The first-order chi connectivity index (χ1) is 14.7. The Morgan fingerprint density at radius 2 is 2.00 bits per heavy atom. The van der Waals surface area contributed by atoms with Crippen molar-refractivity contribution in [3.05, 3.63) is 42.1 Å². The second kappa shape index (κ2) is 9.20. The Bertz CT molecular complexity index is 1080. The fraction of sp³-hybridized carbons (Fsp3) is 0.409. The van der Waals surface area contributed by atoms with E-state index in [0.29, 0.717) is 46.1 Å². The summed E-state index contributed by atoms with van der Waals surface area (Å²) >= 11 is 0. The number of fused-ring (bicyclic) bond motifs is 1. The number of nitrogens with zero attached hydrogens (tertiary/aromatic N) is 2. The van der Waals surface area contributed by atoms with Gasteiger partial charge >= 0.3 is 0 Å². The number of hydrogen-bond donors (Lipinski definition) is 3. The third kappa shape index (κ3) is 4.65. The van der Waals surface area contributed by atoms with E-state index in [1.807, 2.05) is 0 Å². The summed E-state index contributed by atoms with van der Waals surface area (Å²) in [7, 11) is 0. The second-order valence-electron chi connectivity index (χ2n) is 8.04. The Balaban J connectivity index is 0.00000231. The van der Waals surface area contributed by atoms with E-state index in [0.717, 1.165) is 25.9 Å². The summed E-state index contributed by atoms with van der Waals surface area (Å²) in [6, 6.07) is 4.58. The average molecular weight is 446 g/mol. The van der Waals surface area contributed by atoms with Gasteiger partial charge in [-0.3, -0.25) is 4.79 Å². The van der Waals surface area contributed by atoms with E-state index in [1.54, 1.807) is 12.3 Å². The molecule has 1 amide bonds. The van der Waals surface area contributed by atoms with Crippen molar-refractivity contribution in [3.63, 3.8) is 0 Å². The molecule has 7 nitrogen and oxygen atoms in total. The predicted molar refractivity (Wildman–Crippen MR) is 118 cm³/mol. The Hall–Kier alpha value is -2.71. The van der Waals surface area contributed by atoms with Gasteiger partial charge in [0.05, 0.1) is 17.7 Å². The maximum atomic E-state index is 14.1. The maximum Gasteiger partial charge on any atom is 0.255 e. The highest BCUT2D eigenvalue weighted by Gasteiger charge is 2.24. The van der Waals surface area contributed by atoms with Gasteiger partial charge in [0.1, 0.15) is 29.1 Å². The smallest absolute Gasteiger partial charge is 0.255 e. The first-order valence-corrected chi connectivity index (χ1v) is 10.5. The van der Waals surface area contributed by atoms with E-state index in [4.69, 9.17) is 4.74 Å². The molecule has 2 aliphatic rings. The number of aromatic nitrogens is 3. The molecule has 0 spiro atoms. The fourth-order valence-electron chi connectivity index (χ4n) is 3.85. The molecule has 5 rings (SSSR count). The molecule has 9 heteroatoms. The topological polar surface area (TPSA) is 91.9 Å². The lowest BCUT2D eigenvalue weighted by molar-refractivity contribution is 0.0931. The van der Waals surface area contributed by atoms with Gasteiger partial charge < -0.3 is 20.4 Å². The largest absolute Gasteiger partial charge is 0.493 e. The summed E-state index contributed by atoms with van der Waals surface area (Å²) in [5.74, 6) is 0.621. The maximum absolute atomic E-state index is 14.1. The number of amides is 1. The first-order valence-electron chi connectivity index (χ1n) is 10.5. The standard InChI is InChI=1S/C22H24FN5O2.ClH/c23-14-3-4-18(30-11-13-1-2-13)16(9-14)19-21-20(27-12-26-19)17(10-25-21)22(29)28-15-5-7-24-8-6-15;/h3-4,9-10,12-13,15,24-25H,1-2,5-8,11H2,(H,28,29);1H. The van der Waals surface area contributed by atoms with Crippen LogP contribution in [0.2, 0.25) is 0 Å². The number of carbonyl (C=O) groups is 1. The Kier molecular flexibility index (Phi) is 6.38. The van der Waals surface area contributed by atoms with Crippen LogP contribution in [0.3, 0.4) is 0 Å². The number of carbonyl (C=O) groups excluding carboxylic acids is 1. The van der Waals surface area contributed by atoms with Crippen molar-refractivity contribution in [2.45, 2.75) is 31.7 Å². The Morgan fingerprint density at radius 3 is 2.77 bits per heavy atom. The quantitative estimate of drug-likeness (QED) is 0.540. The van der Waals surface area contributed by atoms with Crippen LogP contribution in [0, 0.1) is 11.7 Å². The summed E-state index contributed by atoms with van der Waals surface area (Å²) < 4.78 is 20.0. The van der Waals surface area contributed by atoms with Crippen molar-refractivity contribution in [1.29, 1.82) is 0 Å². The first kappa shape index (κ1) is 21.5. The van der Waals surface area contributed by atoms with Crippen LogP contribution < -0.4 is 15.4 Å². The molecule has 1 aliphatic carbocycles. The van der Waals surface area contributed by atoms with Gasteiger partial charge in [-0.2, -0.15) is 0 Å². The monoisotopic (exact) mass is 445 g/mol. The molecule has 3 N–H and O–H groups in total. The number of aromatic amines is 1. The Morgan fingerprint density at radius 1 is 1.19 bits per heavy atom. The zero-order valence-corrected chi connectivity index (χ0v) is 17.8. The zero-order valence-electron chi connectivity index (χ0n) is 17.0.